The average molecular weight is 385 g/mol. The maximum Gasteiger partial charge on any atom is 0.260 e. The Hall–Kier alpha value is -3.81. The number of fused-ring (bicyclic) bond motifs is 2. The van der Waals surface area contributed by atoms with Crippen molar-refractivity contribution < 1.29 is 0 Å². The molecule has 0 unspecified atom stereocenters. The van der Waals surface area contributed by atoms with E-state index >= 15 is 0 Å². The molecule has 5 aromatic heterocycles. The third kappa shape index (κ3) is 2.72. The first-order valence-corrected chi connectivity index (χ1v) is 9.32. The van der Waals surface area contributed by atoms with Crippen LogP contribution in [0.25, 0.3) is 27.8 Å². The Bertz CT molecular complexity index is 1430. The van der Waals surface area contributed by atoms with E-state index in [9.17, 15) is 4.79 Å². The van der Waals surface area contributed by atoms with Crippen LogP contribution in [0.2, 0.25) is 0 Å². The molecule has 0 radical (unpaired) electrons. The molecule has 8 heteroatoms. The number of hydrogen-bond donors (Lipinski definition) is 0. The van der Waals surface area contributed by atoms with Crippen molar-refractivity contribution in [2.75, 3.05) is 0 Å². The second-order valence-electron chi connectivity index (χ2n) is 7.23. The molecule has 0 amide bonds. The molecule has 8 nitrogen and oxygen atoms in total. The summed E-state index contributed by atoms with van der Waals surface area (Å²) in [7, 11) is 1.94. The van der Waals surface area contributed by atoms with Crippen molar-refractivity contribution in [3.8, 4) is 11.3 Å². The highest BCUT2D eigenvalue weighted by Gasteiger charge is 2.19. The summed E-state index contributed by atoms with van der Waals surface area (Å²) in [5, 5.41) is 9.35. The SMILES string of the molecule is Cc1cc(-c2cn(C)cn2)cn2c([C@@H](C)n3ccc4ncccc4c3=O)nnc12. The molecule has 0 fully saturated rings. The number of nitrogens with zero attached hydrogens (tertiary/aromatic N) is 7. The largest absolute Gasteiger partial charge is 0.340 e. The Morgan fingerprint density at radius 2 is 1.97 bits per heavy atom. The standard InChI is InChI=1S/C21H19N7O/c1-13-9-15(18-11-26(3)12-23-18)10-28-19(13)24-25-20(28)14(2)27-8-6-17-16(21(27)29)5-4-7-22-17/h4-12,14H,1-3H3/t14-/m1/s1. The summed E-state index contributed by atoms with van der Waals surface area (Å²) in [6.07, 6.45) is 9.16. The van der Waals surface area contributed by atoms with Gasteiger partial charge in [0.25, 0.3) is 5.56 Å². The van der Waals surface area contributed by atoms with E-state index in [0.717, 1.165) is 22.5 Å². The van der Waals surface area contributed by atoms with Gasteiger partial charge in [0.1, 0.15) is 0 Å². The highest BCUT2D eigenvalue weighted by atomic mass is 16.1. The van der Waals surface area contributed by atoms with Crippen LogP contribution in [0.1, 0.15) is 24.4 Å². The lowest BCUT2D eigenvalue weighted by atomic mass is 10.1. The fraction of sp³-hybridized carbons (Fsp3) is 0.190. The van der Waals surface area contributed by atoms with E-state index in [4.69, 9.17) is 0 Å². The molecule has 0 aromatic carbocycles. The van der Waals surface area contributed by atoms with Gasteiger partial charge >= 0.3 is 0 Å². The molecule has 0 aliphatic carbocycles. The minimum Gasteiger partial charge on any atom is -0.340 e. The Balaban J connectivity index is 1.68. The summed E-state index contributed by atoms with van der Waals surface area (Å²) in [6.45, 7) is 3.95. The van der Waals surface area contributed by atoms with Gasteiger partial charge < -0.3 is 9.13 Å². The van der Waals surface area contributed by atoms with Gasteiger partial charge in [0.2, 0.25) is 0 Å². The zero-order valence-electron chi connectivity index (χ0n) is 16.3. The third-order valence-electron chi connectivity index (χ3n) is 5.20. The van der Waals surface area contributed by atoms with Crippen molar-refractivity contribution in [3.63, 3.8) is 0 Å². The Kier molecular flexibility index (Phi) is 3.80. The lowest BCUT2D eigenvalue weighted by Crippen LogP contribution is -2.25. The second-order valence-corrected chi connectivity index (χ2v) is 7.23. The van der Waals surface area contributed by atoms with Crippen molar-refractivity contribution in [1.82, 2.24) is 33.7 Å². The fourth-order valence-electron chi connectivity index (χ4n) is 3.68. The first-order chi connectivity index (χ1) is 14.0. The van der Waals surface area contributed by atoms with Gasteiger partial charge in [0.05, 0.1) is 29.0 Å². The van der Waals surface area contributed by atoms with Crippen LogP contribution in [-0.4, -0.2) is 33.7 Å². The van der Waals surface area contributed by atoms with Crippen LogP contribution in [0, 0.1) is 6.92 Å². The van der Waals surface area contributed by atoms with Crippen LogP contribution < -0.4 is 5.56 Å². The summed E-state index contributed by atoms with van der Waals surface area (Å²) in [5.74, 6) is 0.686. The fourth-order valence-corrected chi connectivity index (χ4v) is 3.68. The Labute approximate surface area is 166 Å². The van der Waals surface area contributed by atoms with Gasteiger partial charge in [-0.05, 0) is 43.7 Å². The molecule has 0 bridgehead atoms. The van der Waals surface area contributed by atoms with Crippen LogP contribution in [0.3, 0.4) is 0 Å². The van der Waals surface area contributed by atoms with Crippen molar-refractivity contribution >= 4 is 16.6 Å². The highest BCUT2D eigenvalue weighted by molar-refractivity contribution is 5.76. The third-order valence-corrected chi connectivity index (χ3v) is 5.20. The molecule has 5 heterocycles. The summed E-state index contributed by atoms with van der Waals surface area (Å²) in [4.78, 5) is 21.7. The molecule has 1 atom stereocenters. The molecular weight excluding hydrogens is 366 g/mol. The topological polar surface area (TPSA) is 82.9 Å². The lowest BCUT2D eigenvalue weighted by Gasteiger charge is -2.15. The monoisotopic (exact) mass is 385 g/mol. The van der Waals surface area contributed by atoms with E-state index in [-0.39, 0.29) is 11.6 Å². The minimum atomic E-state index is -0.305. The Morgan fingerprint density at radius 1 is 1.10 bits per heavy atom. The van der Waals surface area contributed by atoms with Gasteiger partial charge in [-0.25, -0.2) is 4.98 Å². The van der Waals surface area contributed by atoms with Gasteiger partial charge in [-0.2, -0.15) is 0 Å². The lowest BCUT2D eigenvalue weighted by molar-refractivity contribution is 0.577. The van der Waals surface area contributed by atoms with Crippen molar-refractivity contribution in [2.24, 2.45) is 7.05 Å². The van der Waals surface area contributed by atoms with Crippen molar-refractivity contribution in [2.45, 2.75) is 19.9 Å². The second kappa shape index (κ2) is 6.37. The van der Waals surface area contributed by atoms with E-state index in [2.05, 4.69) is 26.2 Å². The van der Waals surface area contributed by atoms with E-state index < -0.39 is 0 Å². The molecule has 0 N–H and O–H groups in total. The summed E-state index contributed by atoms with van der Waals surface area (Å²) in [5.41, 5.74) is 4.19. The van der Waals surface area contributed by atoms with Gasteiger partial charge in [-0.1, -0.05) is 0 Å². The minimum absolute atomic E-state index is 0.0996. The number of pyridine rings is 3. The van der Waals surface area contributed by atoms with Crippen LogP contribution in [-0.2, 0) is 7.05 Å². The van der Waals surface area contributed by atoms with Crippen LogP contribution in [0.4, 0.5) is 0 Å². The summed E-state index contributed by atoms with van der Waals surface area (Å²) < 4.78 is 5.53. The van der Waals surface area contributed by atoms with Gasteiger partial charge in [-0.3, -0.25) is 14.2 Å². The van der Waals surface area contributed by atoms with Crippen molar-refractivity contribution in [3.05, 3.63) is 77.1 Å². The predicted molar refractivity (Wildman–Crippen MR) is 110 cm³/mol. The molecule has 0 spiro atoms. The predicted octanol–water partition coefficient (Wildman–Crippen LogP) is 2.76. The number of hydrogen-bond acceptors (Lipinski definition) is 5. The van der Waals surface area contributed by atoms with E-state index in [1.165, 1.54) is 0 Å². The number of aromatic nitrogens is 7. The zero-order valence-corrected chi connectivity index (χ0v) is 16.3. The summed E-state index contributed by atoms with van der Waals surface area (Å²) >= 11 is 0. The average Bonchev–Trinajstić information content (AvgIpc) is 3.34. The van der Waals surface area contributed by atoms with E-state index in [1.54, 1.807) is 35.4 Å². The first-order valence-electron chi connectivity index (χ1n) is 9.32. The van der Waals surface area contributed by atoms with Crippen LogP contribution in [0.15, 0.2) is 60.2 Å². The molecule has 144 valence electrons. The maximum atomic E-state index is 13.0. The normalized spacial score (nSPS) is 12.7. The first kappa shape index (κ1) is 17.3. The molecule has 5 rings (SSSR count). The van der Waals surface area contributed by atoms with Gasteiger partial charge in [0, 0.05) is 37.4 Å². The van der Waals surface area contributed by atoms with Crippen LogP contribution in [0.5, 0.6) is 0 Å². The molecule has 29 heavy (non-hydrogen) atoms. The van der Waals surface area contributed by atoms with Crippen molar-refractivity contribution in [1.29, 1.82) is 0 Å². The quantitative estimate of drug-likeness (QED) is 0.477. The highest BCUT2D eigenvalue weighted by Crippen LogP contribution is 2.24. The number of imidazole rings is 1. The zero-order chi connectivity index (χ0) is 20.1. The summed E-state index contributed by atoms with van der Waals surface area (Å²) in [6, 6.07) is 7.16. The molecule has 5 aromatic rings. The number of rotatable bonds is 3. The maximum absolute atomic E-state index is 13.0. The van der Waals surface area contributed by atoms with Crippen LogP contribution >= 0.6 is 0 Å². The molecule has 0 saturated heterocycles. The van der Waals surface area contributed by atoms with E-state index in [0.29, 0.717) is 16.7 Å². The smallest absolute Gasteiger partial charge is 0.260 e. The molecular formula is C21H19N7O. The van der Waals surface area contributed by atoms with Gasteiger partial charge in [0.15, 0.2) is 11.5 Å². The molecule has 0 saturated carbocycles. The Morgan fingerprint density at radius 3 is 2.76 bits per heavy atom. The molecule has 0 aliphatic rings. The number of aryl methyl sites for hydroxylation is 2. The van der Waals surface area contributed by atoms with E-state index in [1.807, 2.05) is 48.3 Å². The van der Waals surface area contributed by atoms with Gasteiger partial charge in [-0.15, -0.1) is 10.2 Å². The molecule has 0 aliphatic heterocycles.